The van der Waals surface area contributed by atoms with Gasteiger partial charge in [-0.25, -0.2) is 12.8 Å². The zero-order chi connectivity index (χ0) is 19.4. The fourth-order valence-electron chi connectivity index (χ4n) is 3.35. The lowest BCUT2D eigenvalue weighted by Gasteiger charge is -2.32. The first kappa shape index (κ1) is 19.5. The predicted molar refractivity (Wildman–Crippen MR) is 101 cm³/mol. The van der Waals surface area contributed by atoms with Crippen molar-refractivity contribution in [3.63, 3.8) is 0 Å². The molecule has 144 valence electrons. The quantitative estimate of drug-likeness (QED) is 0.789. The molecule has 0 atom stereocenters. The van der Waals surface area contributed by atoms with Crippen molar-refractivity contribution in [2.24, 2.45) is 5.92 Å². The fraction of sp³-hybridized carbons (Fsp3) is 0.350. The lowest BCUT2D eigenvalue weighted by molar-refractivity contribution is -0.135. The Balaban J connectivity index is 1.59. The molecule has 0 aliphatic carbocycles. The Bertz CT molecular complexity index is 877. The van der Waals surface area contributed by atoms with E-state index in [1.54, 1.807) is 11.9 Å². The highest BCUT2D eigenvalue weighted by atomic mass is 32.2. The molecule has 1 fully saturated rings. The smallest absolute Gasteiger partial charge is 0.243 e. The topological polar surface area (TPSA) is 57.7 Å². The summed E-state index contributed by atoms with van der Waals surface area (Å²) in [6, 6.07) is 14.6. The summed E-state index contributed by atoms with van der Waals surface area (Å²) < 4.78 is 39.7. The molecule has 27 heavy (non-hydrogen) atoms. The number of carbonyl (C=O) groups is 1. The van der Waals surface area contributed by atoms with Crippen molar-refractivity contribution in [2.75, 3.05) is 20.1 Å². The normalized spacial score (nSPS) is 16.2. The number of piperidine rings is 1. The minimum atomic E-state index is -3.65. The lowest BCUT2D eigenvalue weighted by Crippen LogP contribution is -2.43. The van der Waals surface area contributed by atoms with Crippen LogP contribution in [0, 0.1) is 11.7 Å². The molecule has 1 aliphatic rings. The lowest BCUT2D eigenvalue weighted by atomic mass is 9.96. The highest BCUT2D eigenvalue weighted by Crippen LogP contribution is 2.25. The first-order valence-corrected chi connectivity index (χ1v) is 10.4. The van der Waals surface area contributed by atoms with E-state index in [2.05, 4.69) is 0 Å². The van der Waals surface area contributed by atoms with Crippen molar-refractivity contribution >= 4 is 15.9 Å². The molecule has 1 heterocycles. The van der Waals surface area contributed by atoms with Gasteiger partial charge in [-0.3, -0.25) is 4.79 Å². The Kier molecular flexibility index (Phi) is 5.92. The molecule has 3 rings (SSSR count). The third-order valence-electron chi connectivity index (χ3n) is 4.89. The number of rotatable bonds is 5. The van der Waals surface area contributed by atoms with Crippen molar-refractivity contribution < 1.29 is 17.6 Å². The van der Waals surface area contributed by atoms with Crippen molar-refractivity contribution in [1.29, 1.82) is 0 Å². The Morgan fingerprint density at radius 3 is 2.26 bits per heavy atom. The van der Waals surface area contributed by atoms with Crippen molar-refractivity contribution in [1.82, 2.24) is 9.21 Å². The van der Waals surface area contributed by atoms with Crippen LogP contribution in [-0.2, 0) is 21.4 Å². The summed E-state index contributed by atoms with van der Waals surface area (Å²) in [5.41, 5.74) is 1.06. The van der Waals surface area contributed by atoms with Crippen LogP contribution in [0.25, 0.3) is 0 Å². The molecule has 0 saturated carbocycles. The molecule has 0 aromatic heterocycles. The van der Waals surface area contributed by atoms with Crippen LogP contribution in [0.1, 0.15) is 18.4 Å². The number of hydrogen-bond acceptors (Lipinski definition) is 3. The Labute approximate surface area is 159 Å². The van der Waals surface area contributed by atoms with Crippen LogP contribution in [0.15, 0.2) is 59.5 Å². The number of benzene rings is 2. The molecule has 2 aromatic rings. The summed E-state index contributed by atoms with van der Waals surface area (Å²) >= 11 is 0. The Morgan fingerprint density at radius 1 is 1.07 bits per heavy atom. The summed E-state index contributed by atoms with van der Waals surface area (Å²) in [6.45, 7) is 1.11. The van der Waals surface area contributed by atoms with E-state index in [1.807, 2.05) is 30.3 Å². The molecule has 1 saturated heterocycles. The minimum Gasteiger partial charge on any atom is -0.341 e. The predicted octanol–water partition coefficient (Wildman–Crippen LogP) is 2.89. The molecule has 2 aromatic carbocycles. The third-order valence-corrected chi connectivity index (χ3v) is 6.81. The highest BCUT2D eigenvalue weighted by molar-refractivity contribution is 7.89. The number of nitrogens with zero attached hydrogens (tertiary/aromatic N) is 2. The summed E-state index contributed by atoms with van der Waals surface area (Å²) in [5, 5.41) is 0. The van der Waals surface area contributed by atoms with Gasteiger partial charge in [-0.15, -0.1) is 0 Å². The molecule has 0 radical (unpaired) electrons. The van der Waals surface area contributed by atoms with E-state index in [4.69, 9.17) is 0 Å². The highest BCUT2D eigenvalue weighted by Gasteiger charge is 2.33. The second-order valence-corrected chi connectivity index (χ2v) is 8.75. The van der Waals surface area contributed by atoms with Crippen LogP contribution < -0.4 is 0 Å². The molecule has 7 heteroatoms. The monoisotopic (exact) mass is 390 g/mol. The average molecular weight is 390 g/mol. The zero-order valence-electron chi connectivity index (χ0n) is 15.2. The molecular weight excluding hydrogens is 367 g/mol. The Morgan fingerprint density at radius 2 is 1.67 bits per heavy atom. The van der Waals surface area contributed by atoms with Crippen LogP contribution in [0.2, 0.25) is 0 Å². The van der Waals surface area contributed by atoms with E-state index in [-0.39, 0.29) is 29.8 Å². The van der Waals surface area contributed by atoms with Crippen LogP contribution >= 0.6 is 0 Å². The summed E-state index contributed by atoms with van der Waals surface area (Å²) in [7, 11) is -1.88. The van der Waals surface area contributed by atoms with Gasteiger partial charge in [-0.1, -0.05) is 30.3 Å². The van der Waals surface area contributed by atoms with Gasteiger partial charge in [0.1, 0.15) is 5.82 Å². The number of sulfonamides is 1. The van der Waals surface area contributed by atoms with Gasteiger partial charge in [-0.05, 0) is 42.7 Å². The molecule has 1 amide bonds. The van der Waals surface area contributed by atoms with Crippen LogP contribution in [-0.4, -0.2) is 43.7 Å². The van der Waals surface area contributed by atoms with Crippen molar-refractivity contribution in [2.45, 2.75) is 24.3 Å². The molecule has 0 spiro atoms. The second kappa shape index (κ2) is 8.19. The van der Waals surface area contributed by atoms with Gasteiger partial charge in [-0.2, -0.15) is 4.31 Å². The second-order valence-electron chi connectivity index (χ2n) is 6.81. The number of amides is 1. The average Bonchev–Trinajstić information content (AvgIpc) is 2.68. The van der Waals surface area contributed by atoms with Gasteiger partial charge < -0.3 is 4.90 Å². The number of carbonyl (C=O) groups excluding carboxylic acids is 1. The number of halogens is 1. The molecule has 0 unspecified atom stereocenters. The molecule has 5 nitrogen and oxygen atoms in total. The molecule has 1 aliphatic heterocycles. The maximum absolute atomic E-state index is 13.0. The molecule has 0 N–H and O–H groups in total. The fourth-order valence-corrected chi connectivity index (χ4v) is 4.82. The van der Waals surface area contributed by atoms with E-state index < -0.39 is 15.8 Å². The van der Waals surface area contributed by atoms with Crippen LogP contribution in [0.3, 0.4) is 0 Å². The van der Waals surface area contributed by atoms with Gasteiger partial charge in [0.05, 0.1) is 4.90 Å². The number of hydrogen-bond donors (Lipinski definition) is 0. The first-order chi connectivity index (χ1) is 12.9. The minimum absolute atomic E-state index is 0.0395. The van der Waals surface area contributed by atoms with Crippen LogP contribution in [0.5, 0.6) is 0 Å². The summed E-state index contributed by atoms with van der Waals surface area (Å²) in [5.74, 6) is -0.615. The summed E-state index contributed by atoms with van der Waals surface area (Å²) in [6.07, 6.45) is 0.969. The van der Waals surface area contributed by atoms with Gasteiger partial charge in [0, 0.05) is 32.6 Å². The van der Waals surface area contributed by atoms with Gasteiger partial charge in [0.15, 0.2) is 0 Å². The van der Waals surface area contributed by atoms with E-state index in [1.165, 1.54) is 16.4 Å². The van der Waals surface area contributed by atoms with Crippen LogP contribution in [0.4, 0.5) is 4.39 Å². The van der Waals surface area contributed by atoms with Crippen molar-refractivity contribution in [3.05, 3.63) is 66.0 Å². The van der Waals surface area contributed by atoms with Gasteiger partial charge in [0.25, 0.3) is 0 Å². The maximum atomic E-state index is 13.0. The van der Waals surface area contributed by atoms with Gasteiger partial charge >= 0.3 is 0 Å². The maximum Gasteiger partial charge on any atom is 0.243 e. The zero-order valence-corrected chi connectivity index (χ0v) is 16.0. The summed E-state index contributed by atoms with van der Waals surface area (Å²) in [4.78, 5) is 14.5. The van der Waals surface area contributed by atoms with E-state index in [0.717, 1.165) is 17.7 Å². The Hall–Kier alpha value is -2.25. The van der Waals surface area contributed by atoms with Crippen molar-refractivity contribution in [3.8, 4) is 0 Å². The van der Waals surface area contributed by atoms with E-state index >= 15 is 0 Å². The molecule has 0 bridgehead atoms. The van der Waals surface area contributed by atoms with E-state index in [0.29, 0.717) is 19.4 Å². The largest absolute Gasteiger partial charge is 0.341 e. The standard InChI is InChI=1S/C20H23FN2O3S/c1-22(15-16-5-3-2-4-6-16)20(24)17-11-13-23(14-12-17)27(25,26)19-9-7-18(21)8-10-19/h2-10,17H,11-15H2,1H3. The van der Waals surface area contributed by atoms with E-state index in [9.17, 15) is 17.6 Å². The van der Waals surface area contributed by atoms with Gasteiger partial charge in [0.2, 0.25) is 15.9 Å². The first-order valence-electron chi connectivity index (χ1n) is 8.92. The SMILES string of the molecule is CN(Cc1ccccc1)C(=O)C1CCN(S(=O)(=O)c2ccc(F)cc2)CC1. The third kappa shape index (κ3) is 4.54. The molecular formula is C20H23FN2O3S.